The Morgan fingerprint density at radius 1 is 0.963 bits per heavy atom. The van der Waals surface area contributed by atoms with Gasteiger partial charge in [0.2, 0.25) is 5.91 Å². The van der Waals surface area contributed by atoms with E-state index in [1.54, 1.807) is 36.4 Å². The molecule has 5 nitrogen and oxygen atoms in total. The van der Waals surface area contributed by atoms with Gasteiger partial charge in [-0.25, -0.2) is 4.39 Å². The summed E-state index contributed by atoms with van der Waals surface area (Å²) in [7, 11) is 0. The summed E-state index contributed by atoms with van der Waals surface area (Å²) in [6.45, 7) is 0.383. The van der Waals surface area contributed by atoms with E-state index in [1.807, 2.05) is 12.1 Å². The molecule has 2 N–H and O–H groups in total. The van der Waals surface area contributed by atoms with Crippen LogP contribution >= 0.6 is 0 Å². The number of hydrogen-bond donors (Lipinski definition) is 2. The van der Waals surface area contributed by atoms with Gasteiger partial charge in [-0.1, -0.05) is 24.3 Å². The highest BCUT2D eigenvalue weighted by atomic mass is 19.1. The first-order valence-electron chi connectivity index (χ1n) is 8.55. The molecule has 3 rings (SSSR count). The minimum Gasteiger partial charge on any atom is -0.459 e. The van der Waals surface area contributed by atoms with Crippen LogP contribution in [0.3, 0.4) is 0 Å². The second-order valence-electron chi connectivity index (χ2n) is 6.03. The Hall–Kier alpha value is -3.41. The van der Waals surface area contributed by atoms with Gasteiger partial charge in [0, 0.05) is 18.7 Å². The molecule has 138 valence electrons. The minimum absolute atomic E-state index is 0.102. The van der Waals surface area contributed by atoms with Crippen LogP contribution in [0.4, 0.5) is 10.1 Å². The number of nitrogens with one attached hydrogen (secondary N) is 2. The molecule has 0 aliphatic carbocycles. The minimum atomic E-state index is -0.321. The fourth-order valence-corrected chi connectivity index (χ4v) is 2.55. The van der Waals surface area contributed by atoms with Crippen LogP contribution in [0.25, 0.3) is 0 Å². The van der Waals surface area contributed by atoms with Crippen LogP contribution in [0.1, 0.15) is 28.1 Å². The molecule has 0 unspecified atom stereocenters. The van der Waals surface area contributed by atoms with Crippen molar-refractivity contribution >= 4 is 17.5 Å². The molecular formula is C21H19FN2O3. The van der Waals surface area contributed by atoms with Gasteiger partial charge in [0.15, 0.2) is 5.76 Å². The lowest BCUT2D eigenvalue weighted by Gasteiger charge is -2.07. The van der Waals surface area contributed by atoms with Crippen molar-refractivity contribution < 1.29 is 18.4 Å². The van der Waals surface area contributed by atoms with Gasteiger partial charge in [-0.15, -0.1) is 0 Å². The van der Waals surface area contributed by atoms with Crippen LogP contribution in [0.15, 0.2) is 71.3 Å². The first kappa shape index (κ1) is 18.4. The van der Waals surface area contributed by atoms with Gasteiger partial charge in [0.25, 0.3) is 5.91 Å². The van der Waals surface area contributed by atoms with E-state index in [1.165, 1.54) is 18.4 Å². The molecule has 0 bridgehead atoms. The molecule has 0 fully saturated rings. The fourth-order valence-electron chi connectivity index (χ4n) is 2.55. The van der Waals surface area contributed by atoms with Crippen LogP contribution in [0, 0.1) is 5.82 Å². The van der Waals surface area contributed by atoms with Crippen LogP contribution in [-0.2, 0) is 17.8 Å². The maximum absolute atomic E-state index is 13.1. The Balaban J connectivity index is 1.44. The molecule has 27 heavy (non-hydrogen) atoms. The number of carbonyl (C=O) groups excluding carboxylic acids is 2. The van der Waals surface area contributed by atoms with E-state index in [2.05, 4.69) is 10.6 Å². The molecular weight excluding hydrogens is 347 g/mol. The first-order valence-corrected chi connectivity index (χ1v) is 8.55. The Morgan fingerprint density at radius 2 is 1.78 bits per heavy atom. The van der Waals surface area contributed by atoms with E-state index >= 15 is 0 Å². The maximum Gasteiger partial charge on any atom is 0.291 e. The molecule has 0 saturated carbocycles. The second kappa shape index (κ2) is 8.80. The smallest absolute Gasteiger partial charge is 0.291 e. The van der Waals surface area contributed by atoms with Gasteiger partial charge in [0.05, 0.1) is 6.26 Å². The average Bonchev–Trinajstić information content (AvgIpc) is 3.21. The van der Waals surface area contributed by atoms with E-state index in [-0.39, 0.29) is 23.4 Å². The van der Waals surface area contributed by atoms with Crippen LogP contribution in [0.5, 0.6) is 0 Å². The van der Waals surface area contributed by atoms with Gasteiger partial charge >= 0.3 is 0 Å². The third-order valence-corrected chi connectivity index (χ3v) is 3.98. The van der Waals surface area contributed by atoms with Crippen molar-refractivity contribution in [3.05, 3.63) is 89.6 Å². The third-order valence-electron chi connectivity index (χ3n) is 3.98. The number of hydrogen-bond acceptors (Lipinski definition) is 3. The molecule has 1 aromatic heterocycles. The zero-order valence-corrected chi connectivity index (χ0v) is 14.6. The van der Waals surface area contributed by atoms with E-state index in [9.17, 15) is 14.0 Å². The topological polar surface area (TPSA) is 71.3 Å². The van der Waals surface area contributed by atoms with Crippen molar-refractivity contribution in [2.75, 3.05) is 5.32 Å². The molecule has 6 heteroatoms. The lowest BCUT2D eigenvalue weighted by molar-refractivity contribution is -0.121. The van der Waals surface area contributed by atoms with Crippen molar-refractivity contribution in [3.8, 4) is 0 Å². The number of carbonyl (C=O) groups is 2. The van der Waals surface area contributed by atoms with E-state index in [0.29, 0.717) is 25.1 Å². The van der Waals surface area contributed by atoms with Gasteiger partial charge < -0.3 is 15.1 Å². The normalized spacial score (nSPS) is 10.4. The summed E-state index contributed by atoms with van der Waals surface area (Å²) in [4.78, 5) is 23.8. The molecule has 0 atom stereocenters. The Morgan fingerprint density at radius 3 is 2.48 bits per heavy atom. The lowest BCUT2D eigenvalue weighted by Crippen LogP contribution is -2.23. The standard InChI is InChI=1S/C21H19FN2O3/c22-17-4-1-3-15(13-17)8-11-20(25)23-14-16-6-9-18(10-7-16)24-21(26)19-5-2-12-27-19/h1-7,9-10,12-13H,8,11,14H2,(H,23,25)(H,24,26). The average molecular weight is 366 g/mol. The van der Waals surface area contributed by atoms with E-state index in [4.69, 9.17) is 4.42 Å². The van der Waals surface area contributed by atoms with Gasteiger partial charge in [-0.3, -0.25) is 9.59 Å². The highest BCUT2D eigenvalue weighted by molar-refractivity contribution is 6.02. The molecule has 0 spiro atoms. The summed E-state index contributed by atoms with van der Waals surface area (Å²) >= 11 is 0. The van der Waals surface area contributed by atoms with E-state index in [0.717, 1.165) is 11.1 Å². The summed E-state index contributed by atoms with van der Waals surface area (Å²) in [6, 6.07) is 16.6. The Kier molecular flexibility index (Phi) is 5.99. The van der Waals surface area contributed by atoms with Crippen LogP contribution in [0.2, 0.25) is 0 Å². The molecule has 0 saturated heterocycles. The maximum atomic E-state index is 13.1. The molecule has 2 amide bonds. The number of halogens is 1. The quantitative estimate of drug-likeness (QED) is 0.666. The van der Waals surface area contributed by atoms with E-state index < -0.39 is 0 Å². The highest BCUT2D eigenvalue weighted by Gasteiger charge is 2.08. The number of rotatable bonds is 7. The third kappa shape index (κ3) is 5.54. The first-order chi connectivity index (χ1) is 13.1. The summed E-state index contributed by atoms with van der Waals surface area (Å²) in [5, 5.41) is 5.56. The molecule has 3 aromatic rings. The predicted molar refractivity (Wildman–Crippen MR) is 99.7 cm³/mol. The van der Waals surface area contributed by atoms with Crippen molar-refractivity contribution in [3.63, 3.8) is 0 Å². The van der Waals surface area contributed by atoms with Crippen LogP contribution in [-0.4, -0.2) is 11.8 Å². The molecule has 1 heterocycles. The zero-order chi connectivity index (χ0) is 19.1. The number of furan rings is 1. The largest absolute Gasteiger partial charge is 0.459 e. The fraction of sp³-hybridized carbons (Fsp3) is 0.143. The number of amides is 2. The second-order valence-corrected chi connectivity index (χ2v) is 6.03. The van der Waals surface area contributed by atoms with Crippen LogP contribution < -0.4 is 10.6 Å². The molecule has 0 aliphatic rings. The molecule has 0 radical (unpaired) electrons. The van der Waals surface area contributed by atoms with Crippen molar-refractivity contribution in [1.82, 2.24) is 5.32 Å². The van der Waals surface area contributed by atoms with Gasteiger partial charge in [0.1, 0.15) is 5.82 Å². The molecule has 2 aromatic carbocycles. The number of anilines is 1. The summed E-state index contributed by atoms with van der Waals surface area (Å²) in [5.41, 5.74) is 2.34. The van der Waals surface area contributed by atoms with Gasteiger partial charge in [-0.05, 0) is 53.9 Å². The van der Waals surface area contributed by atoms with Crippen molar-refractivity contribution in [2.45, 2.75) is 19.4 Å². The van der Waals surface area contributed by atoms with Crippen molar-refractivity contribution in [2.24, 2.45) is 0 Å². The lowest BCUT2D eigenvalue weighted by atomic mass is 10.1. The highest BCUT2D eigenvalue weighted by Crippen LogP contribution is 2.12. The summed E-state index contributed by atoms with van der Waals surface area (Å²) in [6.07, 6.45) is 2.22. The monoisotopic (exact) mass is 366 g/mol. The van der Waals surface area contributed by atoms with Crippen molar-refractivity contribution in [1.29, 1.82) is 0 Å². The number of benzene rings is 2. The Labute approximate surface area is 156 Å². The predicted octanol–water partition coefficient (Wildman–Crippen LogP) is 3.92. The molecule has 0 aliphatic heterocycles. The summed E-state index contributed by atoms with van der Waals surface area (Å²) in [5.74, 6) is -0.482. The Bertz CT molecular complexity index is 905. The summed E-state index contributed by atoms with van der Waals surface area (Å²) < 4.78 is 18.2. The zero-order valence-electron chi connectivity index (χ0n) is 14.6. The number of aryl methyl sites for hydroxylation is 1. The SMILES string of the molecule is O=C(CCc1cccc(F)c1)NCc1ccc(NC(=O)c2ccco2)cc1. The van der Waals surface area contributed by atoms with Gasteiger partial charge in [-0.2, -0.15) is 0 Å².